The van der Waals surface area contributed by atoms with Gasteiger partial charge in [0.05, 0.1) is 0 Å². The van der Waals surface area contributed by atoms with Gasteiger partial charge in [0.25, 0.3) is 5.91 Å². The summed E-state index contributed by atoms with van der Waals surface area (Å²) in [5, 5.41) is 4.76. The normalized spacial score (nSPS) is 16.2. The Hall–Kier alpha value is -1.89. The van der Waals surface area contributed by atoms with E-state index >= 15 is 0 Å². The number of nitrogens with one attached hydrogen (secondary N) is 2. The second-order valence-electron chi connectivity index (χ2n) is 5.28. The number of imide groups is 1. The number of carbonyl (C=O) groups is 3. The van der Waals surface area contributed by atoms with E-state index in [0.717, 1.165) is 32.1 Å². The van der Waals surface area contributed by atoms with E-state index in [0.29, 0.717) is 4.88 Å². The van der Waals surface area contributed by atoms with Crippen LogP contribution < -0.4 is 10.6 Å². The highest BCUT2D eigenvalue weighted by atomic mass is 32.1. The van der Waals surface area contributed by atoms with Gasteiger partial charge in [-0.2, -0.15) is 0 Å². The van der Waals surface area contributed by atoms with E-state index in [4.69, 9.17) is 4.74 Å². The molecule has 2 aliphatic rings. The summed E-state index contributed by atoms with van der Waals surface area (Å²) in [5.74, 6) is -1.13. The van der Waals surface area contributed by atoms with Crippen molar-refractivity contribution >= 4 is 29.2 Å². The van der Waals surface area contributed by atoms with E-state index in [1.54, 1.807) is 0 Å². The van der Waals surface area contributed by atoms with Crippen molar-refractivity contribution < 1.29 is 19.1 Å². The first kappa shape index (κ1) is 14.1. The van der Waals surface area contributed by atoms with Crippen LogP contribution in [0.15, 0.2) is 6.07 Å². The standard InChI is InChI=1S/C14H16N2O4S/c17-12(16-14(19)15-9-4-5-9)7-20-13(18)11-6-8-2-1-3-10(8)21-11/h6,9H,1-5,7H2,(H2,15,16,17,19). The van der Waals surface area contributed by atoms with Gasteiger partial charge in [-0.25, -0.2) is 9.59 Å². The van der Waals surface area contributed by atoms with Crippen molar-refractivity contribution in [3.63, 3.8) is 0 Å². The van der Waals surface area contributed by atoms with E-state index in [9.17, 15) is 14.4 Å². The Morgan fingerprint density at radius 3 is 2.81 bits per heavy atom. The quantitative estimate of drug-likeness (QED) is 0.823. The van der Waals surface area contributed by atoms with Crippen molar-refractivity contribution in [3.05, 3.63) is 21.4 Å². The Bertz CT molecular complexity index is 570. The molecule has 112 valence electrons. The van der Waals surface area contributed by atoms with Gasteiger partial charge < -0.3 is 10.1 Å². The van der Waals surface area contributed by atoms with Gasteiger partial charge in [-0.1, -0.05) is 0 Å². The SMILES string of the molecule is O=C(COC(=O)c1cc2c(s1)CCC2)NC(=O)NC1CC1. The fourth-order valence-electron chi connectivity index (χ4n) is 2.24. The van der Waals surface area contributed by atoms with Crippen molar-refractivity contribution in [2.24, 2.45) is 0 Å². The van der Waals surface area contributed by atoms with Gasteiger partial charge in [0.15, 0.2) is 6.61 Å². The van der Waals surface area contributed by atoms with Gasteiger partial charge in [0, 0.05) is 10.9 Å². The molecule has 0 atom stereocenters. The summed E-state index contributed by atoms with van der Waals surface area (Å²) in [6.45, 7) is -0.445. The Balaban J connectivity index is 1.44. The molecule has 2 N–H and O–H groups in total. The molecule has 0 unspecified atom stereocenters. The average Bonchev–Trinajstić information content (AvgIpc) is 2.98. The number of rotatable bonds is 4. The molecular formula is C14H16N2O4S. The van der Waals surface area contributed by atoms with E-state index in [-0.39, 0.29) is 6.04 Å². The van der Waals surface area contributed by atoms with Crippen molar-refractivity contribution in [1.82, 2.24) is 10.6 Å². The molecule has 0 aromatic carbocycles. The van der Waals surface area contributed by atoms with E-state index < -0.39 is 24.5 Å². The second kappa shape index (κ2) is 5.85. The fraction of sp³-hybridized carbons (Fsp3) is 0.500. The van der Waals surface area contributed by atoms with Gasteiger partial charge in [0.2, 0.25) is 0 Å². The zero-order valence-corrected chi connectivity index (χ0v) is 12.3. The lowest BCUT2D eigenvalue weighted by atomic mass is 10.2. The molecule has 1 aromatic rings. The second-order valence-corrected chi connectivity index (χ2v) is 6.42. The minimum atomic E-state index is -0.620. The molecular weight excluding hydrogens is 292 g/mol. The molecule has 3 amide bonds. The third kappa shape index (κ3) is 3.60. The Kier molecular flexibility index (Phi) is 3.92. The van der Waals surface area contributed by atoms with Crippen LogP contribution in [0.3, 0.4) is 0 Å². The molecule has 21 heavy (non-hydrogen) atoms. The fourth-order valence-corrected chi connectivity index (χ4v) is 3.39. The minimum Gasteiger partial charge on any atom is -0.451 e. The number of carbonyl (C=O) groups excluding carboxylic acids is 3. The molecule has 7 heteroatoms. The topological polar surface area (TPSA) is 84.5 Å². The number of esters is 1. The lowest BCUT2D eigenvalue weighted by Crippen LogP contribution is -2.42. The first-order valence-electron chi connectivity index (χ1n) is 7.01. The van der Waals surface area contributed by atoms with Gasteiger partial charge >= 0.3 is 12.0 Å². The van der Waals surface area contributed by atoms with Crippen LogP contribution in [0, 0.1) is 0 Å². The molecule has 0 spiro atoms. The lowest BCUT2D eigenvalue weighted by molar-refractivity contribution is -0.123. The Morgan fingerprint density at radius 2 is 2.10 bits per heavy atom. The van der Waals surface area contributed by atoms with Crippen molar-refractivity contribution in [3.8, 4) is 0 Å². The maximum atomic E-state index is 11.8. The van der Waals surface area contributed by atoms with E-state index in [1.807, 2.05) is 6.07 Å². The smallest absolute Gasteiger partial charge is 0.348 e. The number of thiophene rings is 1. The number of hydrogen-bond acceptors (Lipinski definition) is 5. The summed E-state index contributed by atoms with van der Waals surface area (Å²) in [7, 11) is 0. The third-order valence-electron chi connectivity index (χ3n) is 3.45. The zero-order valence-electron chi connectivity index (χ0n) is 11.4. The van der Waals surface area contributed by atoms with Crippen LogP contribution in [0.5, 0.6) is 0 Å². The van der Waals surface area contributed by atoms with Gasteiger partial charge in [-0.3, -0.25) is 10.1 Å². The van der Waals surface area contributed by atoms with Crippen LogP contribution in [0.25, 0.3) is 0 Å². The zero-order chi connectivity index (χ0) is 14.8. The highest BCUT2D eigenvalue weighted by molar-refractivity contribution is 7.14. The summed E-state index contributed by atoms with van der Waals surface area (Å²) < 4.78 is 4.93. The molecule has 0 aliphatic heterocycles. The molecule has 0 bridgehead atoms. The molecule has 1 saturated carbocycles. The summed E-state index contributed by atoms with van der Waals surface area (Å²) in [5.41, 5.74) is 1.21. The first-order valence-corrected chi connectivity index (χ1v) is 7.82. The van der Waals surface area contributed by atoms with Gasteiger partial charge in [0.1, 0.15) is 4.88 Å². The highest BCUT2D eigenvalue weighted by Gasteiger charge is 2.24. The van der Waals surface area contributed by atoms with Crippen LogP contribution in [0.4, 0.5) is 4.79 Å². The summed E-state index contributed by atoms with van der Waals surface area (Å²) in [6.07, 6.45) is 5.03. The first-order chi connectivity index (χ1) is 10.1. The predicted octanol–water partition coefficient (Wildman–Crippen LogP) is 1.38. The largest absolute Gasteiger partial charge is 0.451 e. The molecule has 0 radical (unpaired) electrons. The number of ether oxygens (including phenoxy) is 1. The molecule has 3 rings (SSSR count). The number of amides is 3. The van der Waals surface area contributed by atoms with Gasteiger partial charge in [-0.15, -0.1) is 11.3 Å². The van der Waals surface area contributed by atoms with Crippen molar-refractivity contribution in [1.29, 1.82) is 0 Å². The molecule has 1 aromatic heterocycles. The van der Waals surface area contributed by atoms with Gasteiger partial charge in [-0.05, 0) is 43.7 Å². The maximum absolute atomic E-state index is 11.8. The number of hydrogen-bond donors (Lipinski definition) is 2. The van der Waals surface area contributed by atoms with Crippen LogP contribution >= 0.6 is 11.3 Å². The van der Waals surface area contributed by atoms with Crippen molar-refractivity contribution in [2.75, 3.05) is 6.61 Å². The summed E-state index contributed by atoms with van der Waals surface area (Å²) in [4.78, 5) is 36.4. The molecule has 1 fully saturated rings. The number of aryl methyl sites for hydroxylation is 2. The monoisotopic (exact) mass is 308 g/mol. The maximum Gasteiger partial charge on any atom is 0.348 e. The predicted molar refractivity (Wildman–Crippen MR) is 76.3 cm³/mol. The summed E-state index contributed by atoms with van der Waals surface area (Å²) >= 11 is 1.43. The average molecular weight is 308 g/mol. The highest BCUT2D eigenvalue weighted by Crippen LogP contribution is 2.30. The summed E-state index contributed by atoms with van der Waals surface area (Å²) in [6, 6.07) is 1.48. The Morgan fingerprint density at radius 1 is 1.29 bits per heavy atom. The number of fused-ring (bicyclic) bond motifs is 1. The lowest BCUT2D eigenvalue weighted by Gasteiger charge is -2.05. The van der Waals surface area contributed by atoms with E-state index in [1.165, 1.54) is 21.8 Å². The molecule has 2 aliphatic carbocycles. The van der Waals surface area contributed by atoms with Crippen LogP contribution in [0.1, 0.15) is 39.4 Å². The third-order valence-corrected chi connectivity index (χ3v) is 4.66. The minimum absolute atomic E-state index is 0.175. The number of urea groups is 1. The molecule has 1 heterocycles. The van der Waals surface area contributed by atoms with E-state index in [2.05, 4.69) is 10.6 Å². The Labute approximate surface area is 125 Å². The van der Waals surface area contributed by atoms with Crippen LogP contribution in [-0.2, 0) is 22.4 Å². The van der Waals surface area contributed by atoms with Crippen LogP contribution in [-0.4, -0.2) is 30.6 Å². The molecule has 0 saturated heterocycles. The van der Waals surface area contributed by atoms with Crippen molar-refractivity contribution in [2.45, 2.75) is 38.1 Å². The van der Waals surface area contributed by atoms with Crippen LogP contribution in [0.2, 0.25) is 0 Å². The molecule has 6 nitrogen and oxygen atoms in total.